The number of ether oxygens (including phenoxy) is 1. The summed E-state index contributed by atoms with van der Waals surface area (Å²) in [6.45, 7) is 4.85. The number of likely N-dealkylation sites (N-methyl/N-ethyl adjacent to an activating group) is 1. The molecule has 156 valence electrons. The third-order valence-corrected chi connectivity index (χ3v) is 6.33. The fourth-order valence-electron chi connectivity index (χ4n) is 3.73. The van der Waals surface area contributed by atoms with Gasteiger partial charge in [0.05, 0.1) is 19.2 Å². The van der Waals surface area contributed by atoms with Crippen LogP contribution in [0.5, 0.6) is 0 Å². The van der Waals surface area contributed by atoms with Crippen LogP contribution in [0.3, 0.4) is 0 Å². The number of amides is 1. The lowest BCUT2D eigenvalue weighted by molar-refractivity contribution is -0.885. The first-order chi connectivity index (χ1) is 13.9. The smallest absolute Gasteiger partial charge is 0.341 e. The summed E-state index contributed by atoms with van der Waals surface area (Å²) in [7, 11) is 1.85. The average molecular weight is 420 g/mol. The van der Waals surface area contributed by atoms with Gasteiger partial charge in [0.1, 0.15) is 17.4 Å². The van der Waals surface area contributed by atoms with Crippen molar-refractivity contribution in [2.45, 2.75) is 39.7 Å². The maximum Gasteiger partial charge on any atom is 0.341 e. The Balaban J connectivity index is 1.72. The van der Waals surface area contributed by atoms with Crippen LogP contribution >= 0.6 is 11.3 Å². The number of rotatable bonds is 7. The van der Waals surface area contributed by atoms with Crippen molar-refractivity contribution in [1.29, 1.82) is 0 Å². The summed E-state index contributed by atoms with van der Waals surface area (Å²) in [6.07, 6.45) is 2.77. The van der Waals surface area contributed by atoms with E-state index in [0.717, 1.165) is 34.6 Å². The maximum absolute atomic E-state index is 13.8. The molecule has 0 bridgehead atoms. The third kappa shape index (κ3) is 5.22. The predicted molar refractivity (Wildman–Crippen MR) is 112 cm³/mol. The zero-order chi connectivity index (χ0) is 21.0. The Kier molecular flexibility index (Phi) is 7.03. The molecular formula is C22H28FN2O3S+. The summed E-state index contributed by atoms with van der Waals surface area (Å²) >= 11 is 1.48. The van der Waals surface area contributed by atoms with Gasteiger partial charge < -0.3 is 15.0 Å². The Bertz CT molecular complexity index is 896. The lowest BCUT2D eigenvalue weighted by Crippen LogP contribution is -3.08. The number of carbonyl (C=O) groups is 2. The monoisotopic (exact) mass is 419 g/mol. The summed E-state index contributed by atoms with van der Waals surface area (Å²) in [6, 6.07) is 6.58. The lowest BCUT2D eigenvalue weighted by atomic mass is 9.88. The molecule has 2 atom stereocenters. The van der Waals surface area contributed by atoms with E-state index in [0.29, 0.717) is 35.2 Å². The van der Waals surface area contributed by atoms with E-state index in [1.54, 1.807) is 25.1 Å². The number of fused-ring (bicyclic) bond motifs is 1. The Morgan fingerprint density at radius 2 is 2.10 bits per heavy atom. The summed E-state index contributed by atoms with van der Waals surface area (Å²) in [5.74, 6) is -0.272. The van der Waals surface area contributed by atoms with Gasteiger partial charge in [0.25, 0.3) is 5.91 Å². The molecule has 5 nitrogen and oxygen atoms in total. The zero-order valence-electron chi connectivity index (χ0n) is 17.1. The van der Waals surface area contributed by atoms with Crippen LogP contribution in [0.1, 0.15) is 46.6 Å². The van der Waals surface area contributed by atoms with Gasteiger partial charge in [-0.2, -0.15) is 0 Å². The number of nitrogens with one attached hydrogen (secondary N) is 2. The van der Waals surface area contributed by atoms with Crippen LogP contribution in [0.25, 0.3) is 0 Å². The molecular weight excluding hydrogens is 391 g/mol. The predicted octanol–water partition coefficient (Wildman–Crippen LogP) is 2.84. The molecule has 1 heterocycles. The molecule has 1 aliphatic rings. The molecule has 2 N–H and O–H groups in total. The van der Waals surface area contributed by atoms with Gasteiger partial charge in [0, 0.05) is 10.4 Å². The van der Waals surface area contributed by atoms with Gasteiger partial charge in [-0.1, -0.05) is 25.1 Å². The molecule has 0 fully saturated rings. The van der Waals surface area contributed by atoms with Gasteiger partial charge in [-0.05, 0) is 43.7 Å². The van der Waals surface area contributed by atoms with E-state index in [2.05, 4.69) is 12.2 Å². The molecule has 29 heavy (non-hydrogen) atoms. The van der Waals surface area contributed by atoms with Gasteiger partial charge >= 0.3 is 5.97 Å². The van der Waals surface area contributed by atoms with E-state index in [1.165, 1.54) is 17.4 Å². The maximum atomic E-state index is 13.8. The fraction of sp³-hybridized carbons (Fsp3) is 0.455. The molecule has 1 aromatic heterocycles. The number of thiophene rings is 1. The number of esters is 1. The molecule has 0 saturated heterocycles. The van der Waals surface area contributed by atoms with E-state index in [-0.39, 0.29) is 24.2 Å². The topological polar surface area (TPSA) is 59.8 Å². The number of halogens is 1. The molecule has 1 unspecified atom stereocenters. The van der Waals surface area contributed by atoms with E-state index in [9.17, 15) is 14.0 Å². The Morgan fingerprint density at radius 3 is 2.83 bits per heavy atom. The third-order valence-electron chi connectivity index (χ3n) is 5.16. The van der Waals surface area contributed by atoms with Gasteiger partial charge in [0.2, 0.25) is 0 Å². The van der Waals surface area contributed by atoms with Gasteiger partial charge in [-0.15, -0.1) is 11.3 Å². The summed E-state index contributed by atoms with van der Waals surface area (Å²) in [5.41, 5.74) is 2.11. The lowest BCUT2D eigenvalue weighted by Gasteiger charge is -2.18. The van der Waals surface area contributed by atoms with Crippen molar-refractivity contribution < 1.29 is 23.6 Å². The number of hydrogen-bond acceptors (Lipinski definition) is 4. The SMILES string of the molecule is CCOC(=O)c1c(NC(=O)C[NH+](C)Cc2ccccc2F)sc2c1CC[C@@H](C)C2. The first-order valence-corrected chi connectivity index (χ1v) is 10.9. The highest BCUT2D eigenvalue weighted by Gasteiger charge is 2.29. The average Bonchev–Trinajstić information content (AvgIpc) is 3.00. The van der Waals surface area contributed by atoms with Crippen molar-refractivity contribution in [2.75, 3.05) is 25.5 Å². The number of anilines is 1. The molecule has 2 aromatic rings. The van der Waals surface area contributed by atoms with E-state index >= 15 is 0 Å². The van der Waals surface area contributed by atoms with Crippen molar-refractivity contribution in [3.63, 3.8) is 0 Å². The van der Waals surface area contributed by atoms with Crippen LogP contribution in [0.15, 0.2) is 24.3 Å². The molecule has 1 amide bonds. The Hall–Kier alpha value is -2.25. The van der Waals surface area contributed by atoms with Crippen LogP contribution in [-0.4, -0.2) is 32.1 Å². The number of benzene rings is 1. The summed E-state index contributed by atoms with van der Waals surface area (Å²) in [5, 5.41) is 3.49. The number of quaternary nitrogens is 1. The van der Waals surface area contributed by atoms with Crippen LogP contribution in [0.4, 0.5) is 9.39 Å². The zero-order valence-corrected chi connectivity index (χ0v) is 18.0. The van der Waals surface area contributed by atoms with Crippen LogP contribution in [0, 0.1) is 11.7 Å². The van der Waals surface area contributed by atoms with Crippen molar-refractivity contribution in [2.24, 2.45) is 5.92 Å². The highest BCUT2D eigenvalue weighted by atomic mass is 32.1. The highest BCUT2D eigenvalue weighted by molar-refractivity contribution is 7.17. The van der Waals surface area contributed by atoms with Gasteiger partial charge in [-0.25, -0.2) is 9.18 Å². The second-order valence-corrected chi connectivity index (χ2v) is 8.83. The number of hydrogen-bond donors (Lipinski definition) is 2. The molecule has 1 aliphatic carbocycles. The van der Waals surface area contributed by atoms with E-state index in [1.807, 2.05) is 7.05 Å². The molecule has 0 saturated carbocycles. The van der Waals surface area contributed by atoms with Crippen molar-refractivity contribution >= 4 is 28.2 Å². The van der Waals surface area contributed by atoms with Crippen LogP contribution in [-0.2, 0) is 28.9 Å². The van der Waals surface area contributed by atoms with Crippen molar-refractivity contribution in [3.8, 4) is 0 Å². The van der Waals surface area contributed by atoms with Gasteiger partial charge in [-0.3, -0.25) is 4.79 Å². The Labute approximate surface area is 174 Å². The summed E-state index contributed by atoms with van der Waals surface area (Å²) < 4.78 is 19.1. The minimum absolute atomic E-state index is 0.176. The second-order valence-electron chi connectivity index (χ2n) is 7.73. The Morgan fingerprint density at radius 1 is 1.34 bits per heavy atom. The molecule has 7 heteroatoms. The fourth-order valence-corrected chi connectivity index (χ4v) is 5.15. The van der Waals surface area contributed by atoms with E-state index in [4.69, 9.17) is 4.74 Å². The van der Waals surface area contributed by atoms with Crippen LogP contribution in [0.2, 0.25) is 0 Å². The molecule has 0 spiro atoms. The molecule has 0 radical (unpaired) electrons. The van der Waals surface area contributed by atoms with Gasteiger partial charge in [0.15, 0.2) is 6.54 Å². The summed E-state index contributed by atoms with van der Waals surface area (Å²) in [4.78, 5) is 27.2. The molecule has 3 rings (SSSR count). The molecule has 1 aromatic carbocycles. The van der Waals surface area contributed by atoms with Crippen LogP contribution < -0.4 is 10.2 Å². The molecule has 0 aliphatic heterocycles. The largest absolute Gasteiger partial charge is 0.462 e. The standard InChI is InChI=1S/C22H27FN2O3S/c1-4-28-22(27)20-16-10-9-14(2)11-18(16)29-21(20)24-19(26)13-25(3)12-15-7-5-6-8-17(15)23/h5-8,14H,4,9-13H2,1-3H3,(H,24,26)/p+1/t14-/m1/s1. The van der Waals surface area contributed by atoms with Crippen molar-refractivity contribution in [1.82, 2.24) is 0 Å². The minimum Gasteiger partial charge on any atom is -0.462 e. The first kappa shape index (κ1) is 21.5. The van der Waals surface area contributed by atoms with Crippen molar-refractivity contribution in [3.05, 3.63) is 51.7 Å². The first-order valence-electron chi connectivity index (χ1n) is 10.0. The number of carbonyl (C=O) groups excluding carboxylic acids is 2. The second kappa shape index (κ2) is 9.50. The normalized spacial score (nSPS) is 16.8. The quantitative estimate of drug-likeness (QED) is 0.679. The highest BCUT2D eigenvalue weighted by Crippen LogP contribution is 2.40. The van der Waals surface area contributed by atoms with E-state index < -0.39 is 0 Å². The minimum atomic E-state index is -0.373.